The van der Waals surface area contributed by atoms with Gasteiger partial charge in [-0.2, -0.15) is 0 Å². The summed E-state index contributed by atoms with van der Waals surface area (Å²) >= 11 is 0. The minimum Gasteiger partial charge on any atom is -0.458 e. The second kappa shape index (κ2) is 5.54. The van der Waals surface area contributed by atoms with Gasteiger partial charge in [-0.05, 0) is 32.9 Å². The predicted molar refractivity (Wildman–Crippen MR) is 77.5 cm³/mol. The fraction of sp³-hybridized carbons (Fsp3) is 0.400. The molecule has 0 bridgehead atoms. The summed E-state index contributed by atoms with van der Waals surface area (Å²) in [6, 6.07) is 9.06. The van der Waals surface area contributed by atoms with Gasteiger partial charge >= 0.3 is 6.03 Å². The Kier molecular flexibility index (Phi) is 3.99. The Labute approximate surface area is 118 Å². The third-order valence-electron chi connectivity index (χ3n) is 2.97. The number of urea groups is 1. The van der Waals surface area contributed by atoms with Crippen LogP contribution in [0.4, 0.5) is 4.79 Å². The van der Waals surface area contributed by atoms with E-state index in [2.05, 4.69) is 10.6 Å². The molecule has 1 aromatic heterocycles. The Morgan fingerprint density at radius 3 is 2.75 bits per heavy atom. The highest BCUT2D eigenvalue weighted by atomic mass is 16.4. The molecule has 2 amide bonds. The molecule has 5 nitrogen and oxygen atoms in total. The number of para-hydroxylation sites is 1. The highest BCUT2D eigenvalue weighted by molar-refractivity contribution is 5.78. The molecule has 0 spiro atoms. The van der Waals surface area contributed by atoms with Crippen molar-refractivity contribution in [3.63, 3.8) is 0 Å². The van der Waals surface area contributed by atoms with Gasteiger partial charge in [0, 0.05) is 11.4 Å². The van der Waals surface area contributed by atoms with Gasteiger partial charge in [0.1, 0.15) is 16.9 Å². The number of fused-ring (bicyclic) bond motifs is 1. The minimum absolute atomic E-state index is 0.0474. The molecule has 1 aromatic carbocycles. The first-order valence-corrected chi connectivity index (χ1v) is 6.64. The molecule has 20 heavy (non-hydrogen) atoms. The van der Waals surface area contributed by atoms with Crippen LogP contribution >= 0.6 is 0 Å². The number of hydrogen-bond donors (Lipinski definition) is 3. The summed E-state index contributed by atoms with van der Waals surface area (Å²) in [7, 11) is 0. The average Bonchev–Trinajstić information content (AvgIpc) is 2.80. The van der Waals surface area contributed by atoms with Gasteiger partial charge in [-0.1, -0.05) is 18.2 Å². The molecule has 0 aliphatic rings. The van der Waals surface area contributed by atoms with Crippen LogP contribution in [-0.2, 0) is 5.60 Å². The molecule has 0 saturated heterocycles. The Hall–Kier alpha value is -2.01. The monoisotopic (exact) mass is 276 g/mol. The number of hydrogen-bond acceptors (Lipinski definition) is 3. The van der Waals surface area contributed by atoms with E-state index in [1.807, 2.05) is 38.1 Å². The summed E-state index contributed by atoms with van der Waals surface area (Å²) in [5.74, 6) is 0.434. The molecule has 2 aromatic rings. The molecule has 0 aliphatic heterocycles. The first-order chi connectivity index (χ1) is 9.38. The highest BCUT2D eigenvalue weighted by Gasteiger charge is 2.28. The van der Waals surface area contributed by atoms with E-state index in [1.165, 1.54) is 0 Å². The zero-order chi connectivity index (χ0) is 14.8. The Morgan fingerprint density at radius 1 is 1.40 bits per heavy atom. The Morgan fingerprint density at radius 2 is 2.10 bits per heavy atom. The number of carbonyl (C=O) groups is 1. The number of benzene rings is 1. The zero-order valence-corrected chi connectivity index (χ0v) is 11.9. The Balaban J connectivity index is 2.07. The quantitative estimate of drug-likeness (QED) is 0.802. The number of furan rings is 1. The van der Waals surface area contributed by atoms with Crippen molar-refractivity contribution in [2.45, 2.75) is 32.4 Å². The number of amides is 2. The maximum atomic E-state index is 11.5. The molecule has 3 N–H and O–H groups in total. The molecule has 2 rings (SSSR count). The van der Waals surface area contributed by atoms with Crippen LogP contribution in [0.5, 0.6) is 0 Å². The van der Waals surface area contributed by atoms with Crippen LogP contribution in [0.15, 0.2) is 34.7 Å². The van der Waals surface area contributed by atoms with Crippen molar-refractivity contribution in [1.82, 2.24) is 10.6 Å². The zero-order valence-electron chi connectivity index (χ0n) is 11.9. The van der Waals surface area contributed by atoms with Crippen LogP contribution in [0.2, 0.25) is 0 Å². The van der Waals surface area contributed by atoms with Crippen molar-refractivity contribution in [2.24, 2.45) is 0 Å². The second-order valence-electron chi connectivity index (χ2n) is 5.40. The fourth-order valence-electron chi connectivity index (χ4n) is 1.90. The van der Waals surface area contributed by atoms with E-state index < -0.39 is 5.60 Å². The minimum atomic E-state index is -1.26. The first kappa shape index (κ1) is 14.4. The van der Waals surface area contributed by atoms with E-state index in [1.54, 1.807) is 13.0 Å². The topological polar surface area (TPSA) is 74.5 Å². The van der Waals surface area contributed by atoms with E-state index in [9.17, 15) is 9.90 Å². The maximum absolute atomic E-state index is 11.5. The standard InChI is InChI=1S/C15H20N2O3/c1-10(2)17-14(18)16-9-15(3,19)13-8-11-6-4-5-7-12(11)20-13/h4-8,10,19H,9H2,1-3H3,(H2,16,17,18)/t15-/m1/s1. The van der Waals surface area contributed by atoms with Gasteiger partial charge < -0.3 is 20.2 Å². The third kappa shape index (κ3) is 3.30. The lowest BCUT2D eigenvalue weighted by Gasteiger charge is -2.21. The molecule has 0 radical (unpaired) electrons. The summed E-state index contributed by atoms with van der Waals surface area (Å²) in [5, 5.41) is 16.7. The Bertz CT molecular complexity index is 569. The molecule has 1 atom stereocenters. The van der Waals surface area contributed by atoms with Crippen LogP contribution in [-0.4, -0.2) is 23.7 Å². The van der Waals surface area contributed by atoms with Crippen LogP contribution in [0.3, 0.4) is 0 Å². The van der Waals surface area contributed by atoms with Crippen LogP contribution in [0.1, 0.15) is 26.5 Å². The third-order valence-corrected chi connectivity index (χ3v) is 2.97. The lowest BCUT2D eigenvalue weighted by molar-refractivity contribution is 0.0382. The van der Waals surface area contributed by atoms with Crippen molar-refractivity contribution < 1.29 is 14.3 Å². The maximum Gasteiger partial charge on any atom is 0.315 e. The number of nitrogens with one attached hydrogen (secondary N) is 2. The molecule has 0 saturated carbocycles. The normalized spacial score (nSPS) is 14.2. The lowest BCUT2D eigenvalue weighted by atomic mass is 10.0. The fourth-order valence-corrected chi connectivity index (χ4v) is 1.90. The molecule has 1 heterocycles. The van der Waals surface area contributed by atoms with E-state index in [-0.39, 0.29) is 18.6 Å². The van der Waals surface area contributed by atoms with Crippen molar-refractivity contribution >= 4 is 17.0 Å². The number of carbonyl (C=O) groups excluding carboxylic acids is 1. The van der Waals surface area contributed by atoms with Gasteiger partial charge in [0.05, 0.1) is 6.54 Å². The van der Waals surface area contributed by atoms with Gasteiger partial charge in [0.25, 0.3) is 0 Å². The largest absolute Gasteiger partial charge is 0.458 e. The SMILES string of the molecule is CC(C)NC(=O)NC[C@@](C)(O)c1cc2ccccc2o1. The van der Waals surface area contributed by atoms with E-state index in [0.717, 1.165) is 11.0 Å². The highest BCUT2D eigenvalue weighted by Crippen LogP contribution is 2.27. The lowest BCUT2D eigenvalue weighted by Crippen LogP contribution is -2.45. The van der Waals surface area contributed by atoms with Gasteiger partial charge in [0.15, 0.2) is 0 Å². The summed E-state index contributed by atoms with van der Waals surface area (Å²) in [4.78, 5) is 11.5. The van der Waals surface area contributed by atoms with Gasteiger partial charge in [-0.15, -0.1) is 0 Å². The summed E-state index contributed by atoms with van der Waals surface area (Å²) in [5.41, 5.74) is -0.540. The van der Waals surface area contributed by atoms with Crippen LogP contribution in [0.25, 0.3) is 11.0 Å². The van der Waals surface area contributed by atoms with Crippen molar-refractivity contribution in [1.29, 1.82) is 0 Å². The molecule has 0 aliphatic carbocycles. The summed E-state index contributed by atoms with van der Waals surface area (Å²) in [6.07, 6.45) is 0. The molecule has 108 valence electrons. The van der Waals surface area contributed by atoms with Crippen molar-refractivity contribution in [3.8, 4) is 0 Å². The summed E-state index contributed by atoms with van der Waals surface area (Å²) in [6.45, 7) is 5.43. The molecule has 5 heteroatoms. The van der Waals surface area contributed by atoms with Crippen LogP contribution < -0.4 is 10.6 Å². The van der Waals surface area contributed by atoms with E-state index in [4.69, 9.17) is 4.42 Å². The van der Waals surface area contributed by atoms with Crippen molar-refractivity contribution in [3.05, 3.63) is 36.1 Å². The second-order valence-corrected chi connectivity index (χ2v) is 5.40. The average molecular weight is 276 g/mol. The number of rotatable bonds is 4. The predicted octanol–water partition coefficient (Wildman–Crippen LogP) is 2.35. The van der Waals surface area contributed by atoms with E-state index >= 15 is 0 Å². The van der Waals surface area contributed by atoms with Crippen molar-refractivity contribution in [2.75, 3.05) is 6.54 Å². The van der Waals surface area contributed by atoms with Crippen LogP contribution in [0, 0.1) is 0 Å². The molecular weight excluding hydrogens is 256 g/mol. The van der Waals surface area contributed by atoms with Gasteiger partial charge in [-0.3, -0.25) is 0 Å². The molecule has 0 unspecified atom stereocenters. The molecule has 0 fully saturated rings. The number of aliphatic hydroxyl groups is 1. The molecular formula is C15H20N2O3. The summed E-state index contributed by atoms with van der Waals surface area (Å²) < 4.78 is 5.62. The van der Waals surface area contributed by atoms with E-state index in [0.29, 0.717) is 5.76 Å². The van der Waals surface area contributed by atoms with Gasteiger partial charge in [-0.25, -0.2) is 4.79 Å². The first-order valence-electron chi connectivity index (χ1n) is 6.64. The smallest absolute Gasteiger partial charge is 0.315 e. The van der Waals surface area contributed by atoms with Gasteiger partial charge in [0.2, 0.25) is 0 Å².